The highest BCUT2D eigenvalue weighted by atomic mass is 35.5. The quantitative estimate of drug-likeness (QED) is 0.735. The first-order valence-corrected chi connectivity index (χ1v) is 8.15. The lowest BCUT2D eigenvalue weighted by molar-refractivity contribution is -0.116. The SMILES string of the molecule is COC(=O)c1ccc(Cl)c(NC(=O)CCc2ccc(Cl)c(Cl)c2)c1. The average Bonchev–Trinajstić information content (AvgIpc) is 2.57. The fourth-order valence-corrected chi connectivity index (χ4v) is 2.52. The van der Waals surface area contributed by atoms with Gasteiger partial charge in [-0.3, -0.25) is 4.79 Å². The van der Waals surface area contributed by atoms with Crippen molar-refractivity contribution in [3.8, 4) is 0 Å². The summed E-state index contributed by atoms with van der Waals surface area (Å²) in [6, 6.07) is 9.76. The van der Waals surface area contributed by atoms with Crippen LogP contribution in [-0.4, -0.2) is 19.0 Å². The van der Waals surface area contributed by atoms with Gasteiger partial charge in [0.25, 0.3) is 0 Å². The lowest BCUT2D eigenvalue weighted by atomic mass is 10.1. The summed E-state index contributed by atoms with van der Waals surface area (Å²) in [5, 5.41) is 3.94. The summed E-state index contributed by atoms with van der Waals surface area (Å²) < 4.78 is 4.64. The summed E-state index contributed by atoms with van der Waals surface area (Å²) in [4.78, 5) is 23.6. The Hall–Kier alpha value is -1.75. The van der Waals surface area contributed by atoms with Crippen LogP contribution in [0.4, 0.5) is 5.69 Å². The van der Waals surface area contributed by atoms with Crippen LogP contribution in [-0.2, 0) is 16.0 Å². The van der Waals surface area contributed by atoms with Crippen molar-refractivity contribution in [1.82, 2.24) is 0 Å². The van der Waals surface area contributed by atoms with Crippen LogP contribution < -0.4 is 5.32 Å². The lowest BCUT2D eigenvalue weighted by Gasteiger charge is -2.09. The molecule has 0 spiro atoms. The number of esters is 1. The largest absolute Gasteiger partial charge is 0.465 e. The van der Waals surface area contributed by atoms with Crippen LogP contribution in [0.25, 0.3) is 0 Å². The van der Waals surface area contributed by atoms with E-state index in [1.54, 1.807) is 12.1 Å². The molecule has 0 aliphatic rings. The number of carbonyl (C=O) groups excluding carboxylic acids is 2. The Bertz CT molecular complexity index is 778. The minimum Gasteiger partial charge on any atom is -0.465 e. The molecule has 2 aromatic rings. The van der Waals surface area contributed by atoms with Crippen molar-refractivity contribution in [3.63, 3.8) is 0 Å². The molecule has 7 heteroatoms. The first kappa shape index (κ1) is 18.6. The fraction of sp³-hybridized carbons (Fsp3) is 0.176. The number of nitrogens with one attached hydrogen (secondary N) is 1. The summed E-state index contributed by atoms with van der Waals surface area (Å²) in [6.07, 6.45) is 0.730. The minimum atomic E-state index is -0.502. The normalized spacial score (nSPS) is 10.3. The third-order valence-corrected chi connectivity index (χ3v) is 4.35. The molecule has 24 heavy (non-hydrogen) atoms. The molecular weight excluding hydrogens is 373 g/mol. The fourth-order valence-electron chi connectivity index (χ4n) is 2.03. The van der Waals surface area contributed by atoms with Crippen molar-refractivity contribution in [2.75, 3.05) is 12.4 Å². The standard InChI is InChI=1S/C17H14Cl3NO3/c1-24-17(23)11-4-6-13(19)15(9-11)21-16(22)7-3-10-2-5-12(18)14(20)8-10/h2,4-6,8-9H,3,7H2,1H3,(H,21,22). The van der Waals surface area contributed by atoms with Gasteiger partial charge in [-0.15, -0.1) is 0 Å². The van der Waals surface area contributed by atoms with Gasteiger partial charge in [0.15, 0.2) is 0 Å². The molecule has 0 radical (unpaired) electrons. The van der Waals surface area contributed by atoms with E-state index in [2.05, 4.69) is 10.1 Å². The third kappa shape index (κ3) is 4.87. The van der Waals surface area contributed by atoms with E-state index in [0.717, 1.165) is 5.56 Å². The molecule has 2 aromatic carbocycles. The number of benzene rings is 2. The molecule has 0 bridgehead atoms. The van der Waals surface area contributed by atoms with Crippen LogP contribution >= 0.6 is 34.8 Å². The van der Waals surface area contributed by atoms with E-state index in [4.69, 9.17) is 34.8 Å². The molecule has 0 saturated carbocycles. The van der Waals surface area contributed by atoms with Crippen LogP contribution in [0.5, 0.6) is 0 Å². The third-order valence-electron chi connectivity index (χ3n) is 3.29. The van der Waals surface area contributed by atoms with E-state index in [-0.39, 0.29) is 12.3 Å². The number of amides is 1. The average molecular weight is 387 g/mol. The van der Waals surface area contributed by atoms with Gasteiger partial charge in [0.05, 0.1) is 33.4 Å². The van der Waals surface area contributed by atoms with E-state index >= 15 is 0 Å². The maximum atomic E-state index is 12.1. The Morgan fingerprint density at radius 1 is 1.00 bits per heavy atom. The number of aryl methyl sites for hydroxylation is 1. The summed E-state index contributed by atoms with van der Waals surface area (Å²) in [5.74, 6) is -0.733. The number of rotatable bonds is 5. The number of ether oxygens (including phenoxy) is 1. The summed E-state index contributed by atoms with van der Waals surface area (Å²) >= 11 is 17.8. The van der Waals surface area contributed by atoms with Crippen LogP contribution in [0.3, 0.4) is 0 Å². The summed E-state index contributed by atoms with van der Waals surface area (Å²) in [5.41, 5.74) is 1.56. The van der Waals surface area contributed by atoms with Crippen LogP contribution in [0.15, 0.2) is 36.4 Å². The molecule has 0 aromatic heterocycles. The second kappa shape index (κ2) is 8.38. The molecule has 0 atom stereocenters. The highest BCUT2D eigenvalue weighted by Crippen LogP contribution is 2.25. The Morgan fingerprint density at radius 2 is 1.71 bits per heavy atom. The highest BCUT2D eigenvalue weighted by molar-refractivity contribution is 6.42. The van der Waals surface area contributed by atoms with E-state index in [1.807, 2.05) is 6.07 Å². The Balaban J connectivity index is 2.01. The maximum absolute atomic E-state index is 12.1. The molecular formula is C17H14Cl3NO3. The Kier molecular flexibility index (Phi) is 6.49. The van der Waals surface area contributed by atoms with Crippen LogP contribution in [0.2, 0.25) is 15.1 Å². The number of carbonyl (C=O) groups is 2. The van der Waals surface area contributed by atoms with Gasteiger partial charge in [0.2, 0.25) is 5.91 Å². The van der Waals surface area contributed by atoms with E-state index in [1.165, 1.54) is 25.3 Å². The van der Waals surface area contributed by atoms with Gasteiger partial charge in [-0.25, -0.2) is 4.79 Å². The van der Waals surface area contributed by atoms with Gasteiger partial charge in [-0.2, -0.15) is 0 Å². The predicted molar refractivity (Wildman–Crippen MR) is 96.2 cm³/mol. The predicted octanol–water partition coefficient (Wildman–Crippen LogP) is 5.00. The molecule has 0 saturated heterocycles. The van der Waals surface area contributed by atoms with Gasteiger partial charge < -0.3 is 10.1 Å². The zero-order valence-electron chi connectivity index (χ0n) is 12.7. The molecule has 0 aliphatic heterocycles. The van der Waals surface area contributed by atoms with E-state index in [9.17, 15) is 9.59 Å². The summed E-state index contributed by atoms with van der Waals surface area (Å²) in [7, 11) is 1.28. The van der Waals surface area contributed by atoms with Gasteiger partial charge in [0.1, 0.15) is 0 Å². The lowest BCUT2D eigenvalue weighted by Crippen LogP contribution is -2.13. The molecule has 0 unspecified atom stereocenters. The molecule has 1 amide bonds. The Labute approximate surface area is 154 Å². The van der Waals surface area contributed by atoms with Crippen molar-refractivity contribution >= 4 is 52.4 Å². The minimum absolute atomic E-state index is 0.231. The zero-order valence-corrected chi connectivity index (χ0v) is 15.0. The van der Waals surface area contributed by atoms with E-state index in [0.29, 0.717) is 32.7 Å². The zero-order chi connectivity index (χ0) is 17.7. The van der Waals surface area contributed by atoms with Crippen molar-refractivity contribution in [3.05, 3.63) is 62.6 Å². The van der Waals surface area contributed by atoms with Crippen molar-refractivity contribution in [2.45, 2.75) is 12.8 Å². The number of halogens is 3. The number of hydrogen-bond acceptors (Lipinski definition) is 3. The number of methoxy groups -OCH3 is 1. The molecule has 0 heterocycles. The van der Waals surface area contributed by atoms with Gasteiger partial charge >= 0.3 is 5.97 Å². The first-order chi connectivity index (χ1) is 11.4. The van der Waals surface area contributed by atoms with Crippen molar-refractivity contribution in [1.29, 1.82) is 0 Å². The van der Waals surface area contributed by atoms with E-state index < -0.39 is 5.97 Å². The van der Waals surface area contributed by atoms with Crippen molar-refractivity contribution in [2.24, 2.45) is 0 Å². The first-order valence-electron chi connectivity index (χ1n) is 7.02. The second-order valence-corrected chi connectivity index (χ2v) is 6.20. The maximum Gasteiger partial charge on any atom is 0.337 e. The van der Waals surface area contributed by atoms with Gasteiger partial charge in [-0.1, -0.05) is 40.9 Å². The molecule has 0 fully saturated rings. The Morgan fingerprint density at radius 3 is 2.38 bits per heavy atom. The number of anilines is 1. The van der Waals surface area contributed by atoms with Crippen molar-refractivity contribution < 1.29 is 14.3 Å². The highest BCUT2D eigenvalue weighted by Gasteiger charge is 2.11. The van der Waals surface area contributed by atoms with Crippen LogP contribution in [0.1, 0.15) is 22.3 Å². The molecule has 4 nitrogen and oxygen atoms in total. The topological polar surface area (TPSA) is 55.4 Å². The molecule has 1 N–H and O–H groups in total. The smallest absolute Gasteiger partial charge is 0.337 e. The molecule has 2 rings (SSSR count). The van der Waals surface area contributed by atoms with Gasteiger partial charge in [-0.05, 0) is 42.3 Å². The molecule has 0 aliphatic carbocycles. The number of hydrogen-bond donors (Lipinski definition) is 1. The summed E-state index contributed by atoms with van der Waals surface area (Å²) in [6.45, 7) is 0. The monoisotopic (exact) mass is 385 g/mol. The second-order valence-electron chi connectivity index (χ2n) is 4.98. The van der Waals surface area contributed by atoms with Crippen LogP contribution in [0, 0.1) is 0 Å². The van der Waals surface area contributed by atoms with Gasteiger partial charge in [0, 0.05) is 6.42 Å². The molecule has 126 valence electrons.